The molecular formula is C26H28N2O6S2. The molecule has 0 spiro atoms. The number of hydrogen-bond acceptors (Lipinski definition) is 8. The lowest BCUT2D eigenvalue weighted by molar-refractivity contribution is -0.123. The van der Waals surface area contributed by atoms with Crippen molar-refractivity contribution in [2.75, 3.05) is 38.8 Å². The van der Waals surface area contributed by atoms with Crippen LogP contribution in [-0.2, 0) is 14.3 Å². The number of nitrogens with one attached hydrogen (secondary N) is 1. The second-order valence-corrected chi connectivity index (χ2v) is 9.81. The van der Waals surface area contributed by atoms with E-state index in [1.54, 1.807) is 54.5 Å². The Morgan fingerprint density at radius 3 is 2.72 bits per heavy atom. The Morgan fingerprint density at radius 2 is 2.03 bits per heavy atom. The molecule has 2 aliphatic heterocycles. The van der Waals surface area contributed by atoms with Crippen LogP contribution in [0.3, 0.4) is 0 Å². The van der Waals surface area contributed by atoms with Crippen molar-refractivity contribution in [2.45, 2.75) is 25.9 Å². The first-order chi connectivity index (χ1) is 17.5. The number of methoxy groups -OCH3 is 1. The number of thioether (sulfide) groups is 1. The number of rotatable bonds is 10. The molecule has 0 aliphatic carbocycles. The molecule has 2 aliphatic rings. The van der Waals surface area contributed by atoms with E-state index in [0.29, 0.717) is 45.3 Å². The summed E-state index contributed by atoms with van der Waals surface area (Å²) < 4.78 is 22.8. The molecule has 36 heavy (non-hydrogen) atoms. The zero-order chi connectivity index (χ0) is 25.5. The van der Waals surface area contributed by atoms with E-state index in [9.17, 15) is 9.59 Å². The highest BCUT2D eigenvalue weighted by molar-refractivity contribution is 8.26. The van der Waals surface area contributed by atoms with E-state index in [-0.39, 0.29) is 24.5 Å². The Labute approximate surface area is 219 Å². The highest BCUT2D eigenvalue weighted by atomic mass is 32.2. The fraction of sp³-hybridized carbons (Fsp3) is 0.346. The van der Waals surface area contributed by atoms with E-state index >= 15 is 0 Å². The van der Waals surface area contributed by atoms with E-state index in [0.717, 1.165) is 25.0 Å². The zero-order valence-corrected chi connectivity index (χ0v) is 21.8. The number of thiocarbonyl (C=S) groups is 1. The van der Waals surface area contributed by atoms with Gasteiger partial charge in [0, 0.05) is 12.3 Å². The maximum atomic E-state index is 12.9. The van der Waals surface area contributed by atoms with Gasteiger partial charge in [0.25, 0.3) is 11.8 Å². The van der Waals surface area contributed by atoms with Gasteiger partial charge >= 0.3 is 0 Å². The second-order valence-electron chi connectivity index (χ2n) is 8.13. The number of anilines is 1. The van der Waals surface area contributed by atoms with Crippen LogP contribution >= 0.6 is 24.0 Å². The molecule has 190 valence electrons. The van der Waals surface area contributed by atoms with Gasteiger partial charge in [0.2, 0.25) is 0 Å². The van der Waals surface area contributed by atoms with Crippen LogP contribution in [-0.4, -0.2) is 60.6 Å². The first kappa shape index (κ1) is 26.0. The minimum absolute atomic E-state index is 0.0368. The summed E-state index contributed by atoms with van der Waals surface area (Å²) in [5.41, 5.74) is 1.41. The Bertz CT molecular complexity index is 1150. The van der Waals surface area contributed by atoms with Gasteiger partial charge in [-0.15, -0.1) is 0 Å². The van der Waals surface area contributed by atoms with Crippen LogP contribution in [0.1, 0.15) is 25.3 Å². The van der Waals surface area contributed by atoms with Gasteiger partial charge in [-0.05, 0) is 67.8 Å². The fourth-order valence-corrected chi connectivity index (χ4v) is 5.09. The van der Waals surface area contributed by atoms with Gasteiger partial charge in [-0.1, -0.05) is 30.0 Å². The highest BCUT2D eigenvalue weighted by Crippen LogP contribution is 2.35. The molecule has 2 amide bonds. The van der Waals surface area contributed by atoms with Crippen molar-refractivity contribution in [1.82, 2.24) is 4.90 Å². The van der Waals surface area contributed by atoms with Crippen LogP contribution < -0.4 is 19.5 Å². The molecule has 2 fully saturated rings. The number of ether oxygens (including phenoxy) is 4. The molecule has 2 aromatic rings. The molecule has 0 saturated carbocycles. The molecular weight excluding hydrogens is 500 g/mol. The summed E-state index contributed by atoms with van der Waals surface area (Å²) in [4.78, 5) is 27.4. The van der Waals surface area contributed by atoms with Crippen LogP contribution in [0, 0.1) is 0 Å². The van der Waals surface area contributed by atoms with Crippen molar-refractivity contribution in [3.05, 3.63) is 52.9 Å². The highest BCUT2D eigenvalue weighted by Gasteiger charge is 2.34. The minimum atomic E-state index is -0.304. The molecule has 2 saturated heterocycles. The summed E-state index contributed by atoms with van der Waals surface area (Å²) in [6, 6.07) is 12.3. The van der Waals surface area contributed by atoms with Gasteiger partial charge in [-0.3, -0.25) is 14.5 Å². The topological polar surface area (TPSA) is 86.3 Å². The number of carbonyl (C=O) groups excluding carboxylic acids is 2. The maximum Gasteiger partial charge on any atom is 0.266 e. The lowest BCUT2D eigenvalue weighted by Gasteiger charge is -2.18. The third-order valence-electron chi connectivity index (χ3n) is 5.58. The predicted molar refractivity (Wildman–Crippen MR) is 144 cm³/mol. The Kier molecular flexibility index (Phi) is 8.84. The van der Waals surface area contributed by atoms with Gasteiger partial charge in [0.05, 0.1) is 31.3 Å². The van der Waals surface area contributed by atoms with Gasteiger partial charge in [-0.25, -0.2) is 0 Å². The maximum absolute atomic E-state index is 12.9. The SMILES string of the molecule is CCOc1cc(/C=C2\SC(=S)N(C[C@H]3CCCO3)C2=O)ccc1OCC(=O)Nc1ccc(OC)cc1. The van der Waals surface area contributed by atoms with Crippen LogP contribution in [0.4, 0.5) is 5.69 Å². The van der Waals surface area contributed by atoms with Crippen LogP contribution in [0.15, 0.2) is 47.4 Å². The summed E-state index contributed by atoms with van der Waals surface area (Å²) in [5, 5.41) is 2.78. The normalized spacial score (nSPS) is 18.6. The molecule has 2 aromatic carbocycles. The van der Waals surface area contributed by atoms with E-state index in [2.05, 4.69) is 5.32 Å². The number of benzene rings is 2. The number of hydrogen-bond donors (Lipinski definition) is 1. The summed E-state index contributed by atoms with van der Waals surface area (Å²) in [6.45, 7) is 3.31. The molecule has 1 N–H and O–H groups in total. The van der Waals surface area contributed by atoms with Crippen LogP contribution in [0.5, 0.6) is 17.2 Å². The zero-order valence-electron chi connectivity index (χ0n) is 20.2. The van der Waals surface area contributed by atoms with Crippen molar-refractivity contribution in [1.29, 1.82) is 0 Å². The fourth-order valence-electron chi connectivity index (χ4n) is 3.82. The molecule has 0 radical (unpaired) electrons. The Balaban J connectivity index is 1.40. The third-order valence-corrected chi connectivity index (χ3v) is 6.96. The first-order valence-electron chi connectivity index (χ1n) is 11.7. The van der Waals surface area contributed by atoms with Crippen molar-refractivity contribution in [2.24, 2.45) is 0 Å². The van der Waals surface area contributed by atoms with E-state index in [1.807, 2.05) is 13.0 Å². The summed E-state index contributed by atoms with van der Waals surface area (Å²) in [5.74, 6) is 1.20. The molecule has 0 unspecified atom stereocenters. The third kappa shape index (κ3) is 6.57. The van der Waals surface area contributed by atoms with Crippen LogP contribution in [0.25, 0.3) is 6.08 Å². The lowest BCUT2D eigenvalue weighted by Crippen LogP contribution is -2.35. The smallest absolute Gasteiger partial charge is 0.266 e. The second kappa shape index (κ2) is 12.2. The Morgan fingerprint density at radius 1 is 1.22 bits per heavy atom. The summed E-state index contributed by atoms with van der Waals surface area (Å²) >= 11 is 6.72. The van der Waals surface area contributed by atoms with Gasteiger partial charge in [0.1, 0.15) is 10.1 Å². The number of carbonyl (C=O) groups is 2. The van der Waals surface area contributed by atoms with E-state index in [1.165, 1.54) is 11.8 Å². The lowest BCUT2D eigenvalue weighted by atomic mass is 10.1. The average Bonchev–Trinajstić information content (AvgIpc) is 3.48. The van der Waals surface area contributed by atoms with Crippen molar-refractivity contribution in [3.63, 3.8) is 0 Å². The molecule has 4 rings (SSSR count). The molecule has 1 atom stereocenters. The van der Waals surface area contributed by atoms with Crippen molar-refractivity contribution in [3.8, 4) is 17.2 Å². The molecule has 0 aromatic heterocycles. The molecule has 10 heteroatoms. The molecule has 0 bridgehead atoms. The quantitative estimate of drug-likeness (QED) is 0.357. The largest absolute Gasteiger partial charge is 0.497 e. The minimum Gasteiger partial charge on any atom is -0.497 e. The number of amides is 2. The van der Waals surface area contributed by atoms with Crippen molar-refractivity contribution >= 4 is 51.9 Å². The van der Waals surface area contributed by atoms with Gasteiger partial charge < -0.3 is 24.3 Å². The average molecular weight is 529 g/mol. The van der Waals surface area contributed by atoms with Gasteiger partial charge in [0.15, 0.2) is 18.1 Å². The van der Waals surface area contributed by atoms with E-state index in [4.69, 9.17) is 31.2 Å². The Hall–Kier alpha value is -3.08. The molecule has 8 nitrogen and oxygen atoms in total. The monoisotopic (exact) mass is 528 g/mol. The standard InChI is InChI=1S/C26H28N2O6S2/c1-3-32-22-13-17(14-23-25(30)28(26(35)36-23)15-20-5-4-12-33-20)6-11-21(22)34-16-24(29)27-18-7-9-19(31-2)10-8-18/h6-11,13-14,20H,3-5,12,15-16H2,1-2H3,(H,27,29)/b23-14-/t20-/m1/s1. The summed E-state index contributed by atoms with van der Waals surface area (Å²) in [7, 11) is 1.58. The first-order valence-corrected chi connectivity index (χ1v) is 12.9. The van der Waals surface area contributed by atoms with Crippen LogP contribution in [0.2, 0.25) is 0 Å². The number of nitrogens with zero attached hydrogens (tertiary/aromatic N) is 1. The van der Waals surface area contributed by atoms with Crippen molar-refractivity contribution < 1.29 is 28.5 Å². The molecule has 2 heterocycles. The van der Waals surface area contributed by atoms with Gasteiger partial charge in [-0.2, -0.15) is 0 Å². The predicted octanol–water partition coefficient (Wildman–Crippen LogP) is 4.49. The van der Waals surface area contributed by atoms with E-state index < -0.39 is 0 Å². The summed E-state index contributed by atoms with van der Waals surface area (Å²) in [6.07, 6.45) is 3.77.